The summed E-state index contributed by atoms with van der Waals surface area (Å²) in [6.07, 6.45) is 3.33. The zero-order valence-corrected chi connectivity index (χ0v) is 20.7. The molecule has 1 amide bonds. The minimum atomic E-state index is -0.522. The molecule has 3 rings (SSSR count). The Kier molecular flexibility index (Phi) is 8.67. The third kappa shape index (κ3) is 7.03. The second-order valence-electron chi connectivity index (χ2n) is 8.72. The van der Waals surface area contributed by atoms with Crippen LogP contribution in [-0.2, 0) is 14.3 Å². The quantitative estimate of drug-likeness (QED) is 0.329. The van der Waals surface area contributed by atoms with Crippen LogP contribution in [0.5, 0.6) is 0 Å². The summed E-state index contributed by atoms with van der Waals surface area (Å²) in [5, 5.41) is 2.96. The van der Waals surface area contributed by atoms with Gasteiger partial charge in [-0.25, -0.2) is 0 Å². The van der Waals surface area contributed by atoms with Gasteiger partial charge >= 0.3 is 5.97 Å². The Morgan fingerprint density at radius 1 is 0.882 bits per heavy atom. The van der Waals surface area contributed by atoms with E-state index >= 15 is 0 Å². The van der Waals surface area contributed by atoms with E-state index in [1.165, 1.54) is 18.7 Å². The number of ketones is 2. The lowest BCUT2D eigenvalue weighted by atomic mass is 9.85. The summed E-state index contributed by atoms with van der Waals surface area (Å²) >= 11 is 1.52. The van der Waals surface area contributed by atoms with E-state index in [1.807, 2.05) is 38.1 Å². The molecule has 0 spiro atoms. The van der Waals surface area contributed by atoms with Crippen molar-refractivity contribution < 1.29 is 23.9 Å². The molecule has 0 atom stereocenters. The van der Waals surface area contributed by atoms with E-state index in [2.05, 4.69) is 5.32 Å². The fourth-order valence-corrected chi connectivity index (χ4v) is 4.53. The number of esters is 1. The average Bonchev–Trinajstić information content (AvgIpc) is 3.68. The molecule has 1 aliphatic carbocycles. The number of rotatable bonds is 12. The third-order valence-corrected chi connectivity index (χ3v) is 7.15. The molecule has 2 aromatic rings. The molecule has 0 aromatic heterocycles. The van der Waals surface area contributed by atoms with Gasteiger partial charge in [-0.15, -0.1) is 0 Å². The van der Waals surface area contributed by atoms with Crippen molar-refractivity contribution in [1.29, 1.82) is 0 Å². The molecule has 180 valence electrons. The largest absolute Gasteiger partial charge is 0.457 e. The van der Waals surface area contributed by atoms with Crippen LogP contribution >= 0.6 is 11.8 Å². The Bertz CT molecular complexity index is 1040. The minimum absolute atomic E-state index is 0.000693. The van der Waals surface area contributed by atoms with Crippen molar-refractivity contribution in [2.45, 2.75) is 68.2 Å². The van der Waals surface area contributed by atoms with Gasteiger partial charge in [0.25, 0.3) is 0 Å². The third-order valence-electron chi connectivity index (χ3n) is 6.14. The Morgan fingerprint density at radius 2 is 1.38 bits per heavy atom. The molecule has 6 nitrogen and oxygen atoms in total. The first-order valence-corrected chi connectivity index (χ1v) is 12.5. The highest BCUT2D eigenvalue weighted by molar-refractivity contribution is 7.99. The first kappa shape index (κ1) is 25.7. The van der Waals surface area contributed by atoms with Crippen molar-refractivity contribution >= 4 is 35.2 Å². The molecule has 0 bridgehead atoms. The lowest BCUT2D eigenvalue weighted by molar-refractivity contribution is -0.144. The molecule has 34 heavy (non-hydrogen) atoms. The van der Waals surface area contributed by atoms with Gasteiger partial charge < -0.3 is 10.1 Å². The molecule has 1 fully saturated rings. The Balaban J connectivity index is 1.56. The van der Waals surface area contributed by atoms with Crippen LogP contribution in [-0.4, -0.2) is 35.6 Å². The number of hydrogen-bond acceptors (Lipinski definition) is 6. The lowest BCUT2D eigenvalue weighted by Gasteiger charge is -2.32. The fraction of sp³-hybridized carbons (Fsp3) is 0.407. The Morgan fingerprint density at radius 3 is 1.82 bits per heavy atom. The normalized spacial score (nSPS) is 13.3. The van der Waals surface area contributed by atoms with Crippen LogP contribution in [0.15, 0.2) is 58.3 Å². The number of benzene rings is 2. The van der Waals surface area contributed by atoms with Crippen molar-refractivity contribution in [3.05, 3.63) is 59.7 Å². The molecule has 1 aliphatic rings. The van der Waals surface area contributed by atoms with E-state index < -0.39 is 5.54 Å². The highest BCUT2D eigenvalue weighted by Gasteiger charge is 2.32. The first-order valence-electron chi connectivity index (χ1n) is 11.6. The summed E-state index contributed by atoms with van der Waals surface area (Å²) < 4.78 is 5.06. The molecule has 0 radical (unpaired) electrons. The topological polar surface area (TPSA) is 89.5 Å². The molecular weight excluding hydrogens is 450 g/mol. The number of carbonyl (C=O) groups is 4. The van der Waals surface area contributed by atoms with Gasteiger partial charge in [0, 0.05) is 39.8 Å². The van der Waals surface area contributed by atoms with Gasteiger partial charge in [0.2, 0.25) is 5.91 Å². The Hall–Kier alpha value is -2.93. The van der Waals surface area contributed by atoms with Gasteiger partial charge in [0.05, 0.1) is 5.92 Å². The van der Waals surface area contributed by atoms with Crippen LogP contribution in [0.1, 0.15) is 73.6 Å². The number of ether oxygens (including phenoxy) is 1. The summed E-state index contributed by atoms with van der Waals surface area (Å²) in [5.74, 6) is -0.656. The van der Waals surface area contributed by atoms with Crippen LogP contribution in [0.2, 0.25) is 0 Å². The van der Waals surface area contributed by atoms with E-state index in [9.17, 15) is 19.2 Å². The number of nitrogens with one attached hydrogen (secondary N) is 1. The van der Waals surface area contributed by atoms with Crippen molar-refractivity contribution in [3.63, 3.8) is 0 Å². The van der Waals surface area contributed by atoms with Gasteiger partial charge in [-0.3, -0.25) is 19.2 Å². The summed E-state index contributed by atoms with van der Waals surface area (Å²) in [6.45, 7) is 5.21. The van der Waals surface area contributed by atoms with Crippen LogP contribution < -0.4 is 5.32 Å². The van der Waals surface area contributed by atoms with Gasteiger partial charge in [-0.1, -0.05) is 49.9 Å². The SMILES string of the molecule is CCC(CC)(CC(=O)c1ccc(Sc2ccc(C(=O)COC(=O)C3CC3)cc2)cc1)NC(C)=O. The zero-order valence-electron chi connectivity index (χ0n) is 19.9. The maximum Gasteiger partial charge on any atom is 0.309 e. The van der Waals surface area contributed by atoms with E-state index in [0.717, 1.165) is 22.6 Å². The second-order valence-corrected chi connectivity index (χ2v) is 9.87. The number of carbonyl (C=O) groups excluding carboxylic acids is 4. The average molecular weight is 482 g/mol. The van der Waals surface area contributed by atoms with E-state index in [-0.39, 0.29) is 42.4 Å². The molecule has 1 saturated carbocycles. The molecule has 0 unspecified atom stereocenters. The molecule has 7 heteroatoms. The summed E-state index contributed by atoms with van der Waals surface area (Å²) in [6, 6.07) is 14.6. The molecule has 0 saturated heterocycles. The van der Waals surface area contributed by atoms with Crippen molar-refractivity contribution in [1.82, 2.24) is 5.32 Å². The molecule has 0 aliphatic heterocycles. The monoisotopic (exact) mass is 481 g/mol. The number of Topliss-reactive ketones (excluding diaryl/α,β-unsaturated/α-hetero) is 2. The molecule has 2 aromatic carbocycles. The maximum absolute atomic E-state index is 12.8. The summed E-state index contributed by atoms with van der Waals surface area (Å²) in [5.41, 5.74) is 0.595. The van der Waals surface area contributed by atoms with Crippen LogP contribution in [0.25, 0.3) is 0 Å². The van der Waals surface area contributed by atoms with Gasteiger partial charge in [0.15, 0.2) is 18.2 Å². The van der Waals surface area contributed by atoms with Crippen LogP contribution in [0.4, 0.5) is 0 Å². The highest BCUT2D eigenvalue weighted by Crippen LogP contribution is 2.31. The Labute approximate surface area is 204 Å². The summed E-state index contributed by atoms with van der Waals surface area (Å²) in [7, 11) is 0. The van der Waals surface area contributed by atoms with Gasteiger partial charge in [0.1, 0.15) is 0 Å². The minimum Gasteiger partial charge on any atom is -0.457 e. The van der Waals surface area contributed by atoms with E-state index in [4.69, 9.17) is 4.74 Å². The van der Waals surface area contributed by atoms with Crippen LogP contribution in [0.3, 0.4) is 0 Å². The fourth-order valence-electron chi connectivity index (χ4n) is 3.71. The molecular formula is C27H31NO5S. The number of hydrogen-bond donors (Lipinski definition) is 1. The maximum atomic E-state index is 12.8. The predicted octanol–water partition coefficient (Wildman–Crippen LogP) is 5.24. The second kappa shape index (κ2) is 11.5. The van der Waals surface area contributed by atoms with Crippen molar-refractivity contribution in [2.75, 3.05) is 6.61 Å². The van der Waals surface area contributed by atoms with Gasteiger partial charge in [-0.05, 0) is 49.9 Å². The van der Waals surface area contributed by atoms with E-state index in [0.29, 0.717) is 24.0 Å². The van der Waals surface area contributed by atoms with Crippen molar-refractivity contribution in [3.8, 4) is 0 Å². The zero-order chi connectivity index (χ0) is 24.7. The van der Waals surface area contributed by atoms with Crippen LogP contribution in [0, 0.1) is 5.92 Å². The molecule has 0 heterocycles. The van der Waals surface area contributed by atoms with Crippen molar-refractivity contribution in [2.24, 2.45) is 5.92 Å². The smallest absolute Gasteiger partial charge is 0.309 e. The molecule has 1 N–H and O–H groups in total. The first-order chi connectivity index (χ1) is 16.2. The number of amides is 1. The highest BCUT2D eigenvalue weighted by atomic mass is 32.2. The van der Waals surface area contributed by atoms with E-state index in [1.54, 1.807) is 24.3 Å². The predicted molar refractivity (Wildman–Crippen MR) is 131 cm³/mol. The standard InChI is InChI=1S/C27H31NO5S/c1-4-27(5-2,28-18(3)29)16-24(30)19-8-12-22(13-9-19)34-23-14-10-20(11-15-23)25(31)17-33-26(32)21-6-7-21/h8-15,21H,4-7,16-17H2,1-3H3,(H,28,29). The summed E-state index contributed by atoms with van der Waals surface area (Å²) in [4.78, 5) is 50.2. The van der Waals surface area contributed by atoms with Gasteiger partial charge in [-0.2, -0.15) is 0 Å². The lowest BCUT2D eigenvalue weighted by Crippen LogP contribution is -2.48.